The normalized spacial score (nSPS) is 13.1. The Labute approximate surface area is 348 Å². The number of amides is 1. The van der Waals surface area contributed by atoms with Crippen LogP contribution in [-0.4, -0.2) is 94.7 Å². The molecule has 1 saturated heterocycles. The van der Waals surface area contributed by atoms with Crippen molar-refractivity contribution in [2.45, 2.75) is 32.0 Å². The molecule has 0 saturated carbocycles. The highest BCUT2D eigenvalue weighted by atomic mass is 16.1. The van der Waals surface area contributed by atoms with E-state index in [1.165, 1.54) is 0 Å². The summed E-state index contributed by atoms with van der Waals surface area (Å²) >= 11 is 0. The third-order valence-corrected chi connectivity index (χ3v) is 10.6. The molecule has 61 heavy (non-hydrogen) atoms. The number of carbonyl (C=O) groups excluding carboxylic acids is 1. The smallest absolute Gasteiger partial charge is 0.251 e. The fourth-order valence-electron chi connectivity index (χ4n) is 7.38. The van der Waals surface area contributed by atoms with Gasteiger partial charge in [0, 0.05) is 59.1 Å². The molecular formula is C44H38N16O. The monoisotopic (exact) mass is 806 g/mol. The van der Waals surface area contributed by atoms with E-state index in [4.69, 9.17) is 4.98 Å². The molecular weight excluding hydrogens is 769 g/mol. The highest BCUT2D eigenvalue weighted by Crippen LogP contribution is 2.22. The summed E-state index contributed by atoms with van der Waals surface area (Å²) in [5, 5.41) is 29.6. The maximum atomic E-state index is 12.6. The second-order valence-corrected chi connectivity index (χ2v) is 14.8. The fraction of sp³-hybridized carbons (Fsp3) is 0.182. The maximum Gasteiger partial charge on any atom is 0.251 e. The average Bonchev–Trinajstić information content (AvgIpc) is 4.05. The highest BCUT2D eigenvalue weighted by Gasteiger charge is 2.17. The molecule has 8 heterocycles. The van der Waals surface area contributed by atoms with Crippen LogP contribution in [0.4, 0.5) is 0 Å². The number of piperidine rings is 1. The molecule has 1 aliphatic heterocycles. The Morgan fingerprint density at radius 3 is 1.82 bits per heavy atom. The van der Waals surface area contributed by atoms with Crippen molar-refractivity contribution in [3.8, 4) is 22.5 Å². The SMILES string of the molecule is Cn1cc(-c2cnc3nnn(Cc4ccc5ncccc5c4)c3n2)cn1.O=C(NC1CCNCC1)c1ccc(-c2cnc3nnn(Cc4ccc5ncccc5c4)c3n2)cc1. The van der Waals surface area contributed by atoms with Crippen LogP contribution in [0, 0.1) is 0 Å². The number of pyridine rings is 2. The minimum absolute atomic E-state index is 0.0437. The number of hydrogen-bond acceptors (Lipinski definition) is 13. The molecule has 0 aliphatic carbocycles. The lowest BCUT2D eigenvalue weighted by atomic mass is 10.1. The second kappa shape index (κ2) is 16.4. The zero-order valence-electron chi connectivity index (χ0n) is 33.0. The topological polar surface area (TPSA) is 198 Å². The summed E-state index contributed by atoms with van der Waals surface area (Å²) in [5.74, 6) is -0.0437. The zero-order valence-corrected chi connectivity index (χ0v) is 33.0. The van der Waals surface area contributed by atoms with Gasteiger partial charge in [-0.2, -0.15) is 5.10 Å². The first kappa shape index (κ1) is 37.4. The number of nitrogens with one attached hydrogen (secondary N) is 2. The van der Waals surface area contributed by atoms with Crippen molar-refractivity contribution < 1.29 is 4.79 Å². The Bertz CT molecular complexity index is 3170. The summed E-state index contributed by atoms with van der Waals surface area (Å²) in [6.45, 7) is 2.96. The van der Waals surface area contributed by atoms with E-state index in [1.807, 2.05) is 86.0 Å². The van der Waals surface area contributed by atoms with Crippen LogP contribution in [0.5, 0.6) is 0 Å². The van der Waals surface area contributed by atoms with E-state index < -0.39 is 0 Å². The van der Waals surface area contributed by atoms with Gasteiger partial charge in [-0.15, -0.1) is 10.2 Å². The molecule has 0 atom stereocenters. The van der Waals surface area contributed by atoms with Crippen LogP contribution in [0.3, 0.4) is 0 Å². The van der Waals surface area contributed by atoms with Gasteiger partial charge in [0.2, 0.25) is 11.3 Å². The third-order valence-electron chi connectivity index (χ3n) is 10.6. The van der Waals surface area contributed by atoms with Crippen molar-refractivity contribution in [3.63, 3.8) is 0 Å². The van der Waals surface area contributed by atoms with Gasteiger partial charge < -0.3 is 10.6 Å². The molecule has 11 rings (SSSR count). The van der Waals surface area contributed by atoms with Gasteiger partial charge in [-0.05, 0) is 85.6 Å². The van der Waals surface area contributed by atoms with Gasteiger partial charge in [0.1, 0.15) is 0 Å². The number of nitrogens with zero attached hydrogens (tertiary/aromatic N) is 14. The Balaban J connectivity index is 0.000000152. The van der Waals surface area contributed by atoms with Crippen LogP contribution < -0.4 is 10.6 Å². The number of carbonyl (C=O) groups is 1. The Morgan fingerprint density at radius 2 is 1.26 bits per heavy atom. The van der Waals surface area contributed by atoms with Gasteiger partial charge in [-0.3, -0.25) is 19.4 Å². The molecule has 300 valence electrons. The molecule has 3 aromatic carbocycles. The van der Waals surface area contributed by atoms with Gasteiger partial charge in [0.25, 0.3) is 5.91 Å². The number of hydrogen-bond donors (Lipinski definition) is 2. The summed E-state index contributed by atoms with van der Waals surface area (Å²) in [5.41, 5.74) is 10.3. The van der Waals surface area contributed by atoms with E-state index in [2.05, 4.69) is 73.4 Å². The third kappa shape index (κ3) is 8.09. The molecule has 7 aromatic heterocycles. The largest absolute Gasteiger partial charge is 0.349 e. The van der Waals surface area contributed by atoms with Gasteiger partial charge in [0.05, 0.1) is 54.1 Å². The quantitative estimate of drug-likeness (QED) is 0.204. The molecule has 17 heteroatoms. The molecule has 0 radical (unpaired) electrons. The molecule has 10 aromatic rings. The van der Waals surface area contributed by atoms with Crippen molar-refractivity contribution in [3.05, 3.63) is 139 Å². The molecule has 17 nitrogen and oxygen atoms in total. The first-order valence-electron chi connectivity index (χ1n) is 19.9. The van der Waals surface area contributed by atoms with E-state index in [1.54, 1.807) is 45.0 Å². The molecule has 0 spiro atoms. The standard InChI is InChI=1S/C26H24N8O.C18H14N8/c35-26(30-21-9-12-27-13-10-21)19-6-4-18(5-7-19)23-15-29-24-25(31-23)34(33-32-24)16-17-3-8-22-20(14-17)2-1-11-28-22;1-25-11-14(8-21-25)16-9-20-17-18(22-16)26(24-23-17)10-12-4-5-15-13(7-12)3-2-6-19-15/h1-8,11,14-15,21,27H,9-10,12-13,16H2,(H,30,35);2-9,11H,10H2,1H3. The van der Waals surface area contributed by atoms with Crippen LogP contribution >= 0.6 is 0 Å². The minimum atomic E-state index is -0.0437. The Hall–Kier alpha value is -7.92. The predicted molar refractivity (Wildman–Crippen MR) is 229 cm³/mol. The molecule has 0 unspecified atom stereocenters. The Kier molecular flexibility index (Phi) is 10.0. The molecule has 2 N–H and O–H groups in total. The van der Waals surface area contributed by atoms with E-state index in [-0.39, 0.29) is 11.9 Å². The highest BCUT2D eigenvalue weighted by molar-refractivity contribution is 5.95. The fourth-order valence-corrected chi connectivity index (χ4v) is 7.38. The summed E-state index contributed by atoms with van der Waals surface area (Å²) < 4.78 is 5.25. The summed E-state index contributed by atoms with van der Waals surface area (Å²) in [6, 6.07) is 27.9. The number of aryl methyl sites for hydroxylation is 1. The number of aromatic nitrogens is 14. The van der Waals surface area contributed by atoms with Crippen LogP contribution in [0.15, 0.2) is 122 Å². The summed E-state index contributed by atoms with van der Waals surface area (Å²) in [7, 11) is 1.87. The number of rotatable bonds is 8. The lowest BCUT2D eigenvalue weighted by Gasteiger charge is -2.23. The van der Waals surface area contributed by atoms with Crippen molar-refractivity contribution in [1.82, 2.24) is 80.3 Å². The number of fused-ring (bicyclic) bond motifs is 4. The second-order valence-electron chi connectivity index (χ2n) is 14.8. The van der Waals surface area contributed by atoms with E-state index in [9.17, 15) is 4.79 Å². The van der Waals surface area contributed by atoms with Crippen LogP contribution in [0.2, 0.25) is 0 Å². The van der Waals surface area contributed by atoms with E-state index >= 15 is 0 Å². The van der Waals surface area contributed by atoms with Crippen LogP contribution in [0.1, 0.15) is 34.3 Å². The van der Waals surface area contributed by atoms with E-state index in [0.29, 0.717) is 46.9 Å². The van der Waals surface area contributed by atoms with Gasteiger partial charge in [0.15, 0.2) is 11.3 Å². The van der Waals surface area contributed by atoms with Gasteiger partial charge in [-0.1, -0.05) is 46.8 Å². The van der Waals surface area contributed by atoms with Crippen molar-refractivity contribution >= 4 is 50.3 Å². The number of benzene rings is 3. The predicted octanol–water partition coefficient (Wildman–Crippen LogP) is 5.18. The first-order chi connectivity index (χ1) is 30.0. The maximum absolute atomic E-state index is 12.6. The van der Waals surface area contributed by atoms with Crippen molar-refractivity contribution in [1.29, 1.82) is 0 Å². The minimum Gasteiger partial charge on any atom is -0.349 e. The Morgan fingerprint density at radius 1 is 0.689 bits per heavy atom. The summed E-state index contributed by atoms with van der Waals surface area (Å²) in [6.07, 6.45) is 12.5. The van der Waals surface area contributed by atoms with Gasteiger partial charge in [-0.25, -0.2) is 29.3 Å². The molecule has 1 aliphatic rings. The van der Waals surface area contributed by atoms with Gasteiger partial charge >= 0.3 is 0 Å². The summed E-state index contributed by atoms with van der Waals surface area (Å²) in [4.78, 5) is 39.6. The van der Waals surface area contributed by atoms with Crippen LogP contribution in [0.25, 0.3) is 66.9 Å². The average molecular weight is 807 g/mol. The molecule has 1 fully saturated rings. The van der Waals surface area contributed by atoms with E-state index in [0.717, 1.165) is 75.7 Å². The zero-order chi connectivity index (χ0) is 41.1. The van der Waals surface area contributed by atoms with Crippen molar-refractivity contribution in [2.75, 3.05) is 13.1 Å². The van der Waals surface area contributed by atoms with Crippen molar-refractivity contribution in [2.24, 2.45) is 7.05 Å². The molecule has 0 bridgehead atoms. The molecule has 1 amide bonds. The lowest BCUT2D eigenvalue weighted by Crippen LogP contribution is -2.42. The lowest BCUT2D eigenvalue weighted by molar-refractivity contribution is 0.0929. The first-order valence-corrected chi connectivity index (χ1v) is 19.9. The van der Waals surface area contributed by atoms with Crippen LogP contribution in [-0.2, 0) is 20.1 Å².